The second kappa shape index (κ2) is 40.6. The van der Waals surface area contributed by atoms with Gasteiger partial charge in [0.15, 0.2) is 6.35 Å². The van der Waals surface area contributed by atoms with E-state index in [1.165, 1.54) is 41.8 Å². The molecule has 115 heavy (non-hydrogen) atoms. The van der Waals surface area contributed by atoms with E-state index in [2.05, 4.69) is 47.9 Å². The molecule has 4 aliphatic heterocycles. The van der Waals surface area contributed by atoms with Crippen molar-refractivity contribution in [3.8, 4) is 11.4 Å². The number of halogens is 1. The summed E-state index contributed by atoms with van der Waals surface area (Å²) in [6.45, 7) is 6.92. The molecule has 624 valence electrons. The summed E-state index contributed by atoms with van der Waals surface area (Å²) in [5.74, 6) is -10.4. The van der Waals surface area contributed by atoms with Crippen molar-refractivity contribution < 1.29 is 124 Å². The number of anilines is 1. The molecule has 1 saturated heterocycles. The molecule has 5 aliphatic rings. The summed E-state index contributed by atoms with van der Waals surface area (Å²) in [6.07, 6.45) is -2.14. The number of imide groups is 1. The number of nitrogens with one attached hydrogen (secondary N) is 9. The second-order valence-electron chi connectivity index (χ2n) is 28.0. The molecule has 8 atom stereocenters. The normalized spacial score (nSPS) is 17.9. The number of rotatable bonds is 43. The predicted octanol–water partition coefficient (Wildman–Crippen LogP) is -0.963. The first-order chi connectivity index (χ1) is 54.8. The molecule has 1 aliphatic carbocycles. The number of hydrogen-bond donors (Lipinski definition) is 13. The van der Waals surface area contributed by atoms with Crippen LogP contribution in [0.2, 0.25) is 0 Å². The van der Waals surface area contributed by atoms with Crippen LogP contribution in [-0.4, -0.2) is 228 Å². The highest BCUT2D eigenvalue weighted by Gasteiger charge is 2.52. The Morgan fingerprint density at radius 3 is 2.07 bits per heavy atom. The van der Waals surface area contributed by atoms with Gasteiger partial charge < -0.3 is 99.9 Å². The molecule has 14 N–H and O–H groups in total. The van der Waals surface area contributed by atoms with Gasteiger partial charge in [0.25, 0.3) is 17.4 Å². The molecule has 0 bridgehead atoms. The van der Waals surface area contributed by atoms with Crippen LogP contribution in [0.25, 0.3) is 22.3 Å². The fraction of sp³-hybridized carbons (Fsp3) is 0.527. The number of fused-ring (bicyclic) bond motifs is 5. The molecule has 6 heterocycles. The van der Waals surface area contributed by atoms with Crippen molar-refractivity contribution in [1.29, 1.82) is 0 Å². The largest absolute Gasteiger partial charge is 0.510 e. The van der Waals surface area contributed by atoms with Crippen LogP contribution in [0.5, 0.6) is 0 Å². The highest BCUT2D eigenvalue weighted by Crippen LogP contribution is 2.47. The molecule has 1 fully saturated rings. The molecule has 39 nitrogen and oxygen atoms in total. The first-order valence-electron chi connectivity index (χ1n) is 37.4. The number of esters is 2. The minimum absolute atomic E-state index is 0.0132. The van der Waals surface area contributed by atoms with E-state index in [0.717, 1.165) is 17.7 Å². The Morgan fingerprint density at radius 2 is 1.43 bits per heavy atom. The van der Waals surface area contributed by atoms with Crippen LogP contribution in [-0.2, 0) is 132 Å². The van der Waals surface area contributed by atoms with Crippen molar-refractivity contribution in [2.24, 2.45) is 11.7 Å². The molecule has 41 heteroatoms. The first kappa shape index (κ1) is 88.4. The van der Waals surface area contributed by atoms with Gasteiger partial charge in [-0.2, -0.15) is 0 Å². The number of cyclic esters (lactones) is 2. The molecule has 1 unspecified atom stereocenters. The van der Waals surface area contributed by atoms with Gasteiger partial charge in [-0.3, -0.25) is 73.3 Å². The molecular weight excluding hydrogens is 1540 g/mol. The lowest BCUT2D eigenvalue weighted by atomic mass is 9.81. The fourth-order valence-electron chi connectivity index (χ4n) is 13.6. The van der Waals surface area contributed by atoms with Crippen molar-refractivity contribution in [2.45, 2.75) is 160 Å². The number of benzene rings is 2. The van der Waals surface area contributed by atoms with Crippen LogP contribution in [0.15, 0.2) is 53.3 Å². The van der Waals surface area contributed by atoms with Crippen LogP contribution in [0.1, 0.15) is 124 Å². The smallest absolute Gasteiger partial charge is 0.464 e. The first-order valence-corrected chi connectivity index (χ1v) is 39.2. The number of amides is 10. The lowest BCUT2D eigenvalue weighted by Crippen LogP contribution is -2.58. The van der Waals surface area contributed by atoms with Gasteiger partial charge in [-0.25, -0.2) is 23.8 Å². The van der Waals surface area contributed by atoms with Crippen molar-refractivity contribution in [2.75, 3.05) is 90.6 Å². The zero-order valence-electron chi connectivity index (χ0n) is 63.9. The number of aromatic nitrogens is 2. The number of nitrogens with zero attached hydrogens (tertiary/aromatic N) is 3. The van der Waals surface area contributed by atoms with E-state index >= 15 is 4.39 Å². The van der Waals surface area contributed by atoms with Gasteiger partial charge in [-0.05, 0) is 91.9 Å². The van der Waals surface area contributed by atoms with Crippen molar-refractivity contribution >= 4 is 101 Å². The van der Waals surface area contributed by atoms with Gasteiger partial charge in [0.2, 0.25) is 52.9 Å². The zero-order valence-corrected chi connectivity index (χ0v) is 64.8. The molecule has 9 rings (SSSR count). The maximum absolute atomic E-state index is 15.5. The number of aliphatic hydroxyl groups is 1. The number of aryl methyl sites for hydroxylation is 1. The lowest BCUT2D eigenvalue weighted by Gasteiger charge is -2.35. The summed E-state index contributed by atoms with van der Waals surface area (Å²) >= 11 is 0. The van der Waals surface area contributed by atoms with E-state index in [-0.39, 0.29) is 140 Å². The summed E-state index contributed by atoms with van der Waals surface area (Å²) in [6, 6.07) is 1.50. The van der Waals surface area contributed by atoms with Crippen LogP contribution >= 0.6 is 7.60 Å². The van der Waals surface area contributed by atoms with Crippen molar-refractivity contribution in [3.05, 3.63) is 104 Å². The third kappa shape index (κ3) is 23.4. The predicted molar refractivity (Wildman–Crippen MR) is 399 cm³/mol. The summed E-state index contributed by atoms with van der Waals surface area (Å²) in [4.78, 5) is 210. The van der Waals surface area contributed by atoms with Gasteiger partial charge in [0.05, 0.1) is 107 Å². The number of carbonyl (C=O) groups excluding carboxylic acids is 13. The Labute approximate surface area is 657 Å². The maximum Gasteiger partial charge on any atom is 0.510 e. The standard InChI is InChI=1S/C74H95FN13O26P/c1-6-74(47-32-54-64-45(36-87(54)69(99)46(47)38-112-71(74)101)62-49(80-41(5)89)14-13-44-40(4)48(75)33-52(84-64)61(44)62)114-73(103)113-37-42-9-11-43(12-10-42)81-65(95)50(8-7-20-78-72(76)102)85-68(98)63(39(2)3)86-66(96)53(34-58(92)82-51-17-23-111-70(51)100)83-57(91)18-22-107-25-27-109-29-30-110-28-26-108-24-21-77-67(97)55(88-59(93)15-16-60(88)94)35-79-56(90)19-31-115(104,105)106/h9-12,15-16,32-33,39,49-51,53,55,63,72,78,102H,6-8,13-14,17-31,34-38,76H2,1-5H3,(H,77,97)(H,79,90)(H,80,89)(H,81,95)(H,82,92)(H,83,91)(H,85,98)(H,86,96)(H2,104,105,106)/t49-,50-,51-,53-,55-,63-,72?,74-/m0/s1. The number of ether oxygens (including phenoxy) is 8. The minimum Gasteiger partial charge on any atom is -0.464 e. The van der Waals surface area contributed by atoms with E-state index in [9.17, 15) is 76.8 Å². The van der Waals surface area contributed by atoms with Gasteiger partial charge >= 0.3 is 25.7 Å². The fourth-order valence-corrected chi connectivity index (χ4v) is 14.1. The van der Waals surface area contributed by atoms with Crippen LogP contribution in [0, 0.1) is 18.7 Å². The SMILES string of the molecule is CC[C@@]1(OC(=O)OCc2ccc(NC(=O)[C@H](CCCNC(N)O)NC(=O)[C@@H](NC(=O)[C@H](CC(=O)N[C@H]3CCOC3=O)NC(=O)CCOCCOCCOCCOCCNC(=O)[C@H](CNC(=O)CCP(=O)(O)O)N3C(=O)C=CC3=O)C(C)C)cc2)C(=O)OCc2c1cc1n(c2=O)Cc2c-1nc1cc(F)c(C)c3c1c2[C@@H](NC(C)=O)CC3. The Kier molecular flexibility index (Phi) is 31.2. The molecular formula is C74H95FN13O26P. The summed E-state index contributed by atoms with van der Waals surface area (Å²) in [5, 5.41) is 33.8. The average Bonchev–Trinajstić information content (AvgIpc) is 1.68. The summed E-state index contributed by atoms with van der Waals surface area (Å²) in [5.41, 5.74) is 6.88. The van der Waals surface area contributed by atoms with Gasteiger partial charge in [0, 0.05) is 79.7 Å². The number of nitrogens with two attached hydrogens (primary N) is 1. The third-order valence-corrected chi connectivity index (χ3v) is 20.3. The highest BCUT2D eigenvalue weighted by atomic mass is 31.2. The van der Waals surface area contributed by atoms with E-state index in [1.807, 2.05) is 0 Å². The summed E-state index contributed by atoms with van der Waals surface area (Å²) in [7, 11) is -4.48. The number of aliphatic hydroxyl groups excluding tert-OH is 1. The van der Waals surface area contributed by atoms with E-state index in [1.54, 1.807) is 33.8 Å². The topological polar surface area (TPSA) is 546 Å². The van der Waals surface area contributed by atoms with Gasteiger partial charge in [-0.1, -0.05) is 32.9 Å². The van der Waals surface area contributed by atoms with Crippen LogP contribution in [0.4, 0.5) is 14.9 Å². The minimum atomic E-state index is -4.48. The number of hydrogen-bond acceptors (Lipinski definition) is 27. The Balaban J connectivity index is 0.738. The molecule has 0 spiro atoms. The monoisotopic (exact) mass is 1630 g/mol. The average molecular weight is 1630 g/mol. The second-order valence-corrected chi connectivity index (χ2v) is 29.7. The molecule has 0 saturated carbocycles. The van der Waals surface area contributed by atoms with Crippen LogP contribution in [0.3, 0.4) is 0 Å². The quantitative estimate of drug-likeness (QED) is 0.00558. The maximum atomic E-state index is 15.5. The van der Waals surface area contributed by atoms with Crippen molar-refractivity contribution in [1.82, 2.24) is 57.0 Å². The third-order valence-electron chi connectivity index (χ3n) is 19.5. The lowest BCUT2D eigenvalue weighted by molar-refractivity contribution is -0.175. The van der Waals surface area contributed by atoms with Gasteiger partial charge in [-0.15, -0.1) is 0 Å². The van der Waals surface area contributed by atoms with Crippen molar-refractivity contribution in [3.63, 3.8) is 0 Å². The number of pyridine rings is 2. The highest BCUT2D eigenvalue weighted by molar-refractivity contribution is 7.51. The Morgan fingerprint density at radius 1 is 0.757 bits per heavy atom. The van der Waals surface area contributed by atoms with E-state index in [0.29, 0.717) is 56.6 Å². The molecule has 0 radical (unpaired) electrons. The van der Waals surface area contributed by atoms with E-state index in [4.69, 9.17) is 58.4 Å². The Hall–Kier alpha value is -10.6. The van der Waals surface area contributed by atoms with Crippen LogP contribution < -0.4 is 59.1 Å². The number of carbonyl (C=O) groups is 13. The van der Waals surface area contributed by atoms with E-state index < -0.39 is 183 Å². The zero-order chi connectivity index (χ0) is 83.4. The van der Waals surface area contributed by atoms with Gasteiger partial charge in [0.1, 0.15) is 49.2 Å². The Bertz CT molecular complexity index is 4480. The molecule has 2 aromatic heterocycles. The molecule has 4 aromatic rings. The summed E-state index contributed by atoms with van der Waals surface area (Å²) < 4.78 is 72.0. The molecule has 2 aromatic carbocycles. The molecule has 10 amide bonds.